The van der Waals surface area contributed by atoms with Gasteiger partial charge in [0.05, 0.1) is 24.8 Å². The van der Waals surface area contributed by atoms with E-state index >= 15 is 0 Å². The summed E-state index contributed by atoms with van der Waals surface area (Å²) in [5, 5.41) is 0. The summed E-state index contributed by atoms with van der Waals surface area (Å²) in [7, 11) is 1.56. The number of imidazole rings is 1. The Labute approximate surface area is 133 Å². The second-order valence-electron chi connectivity index (χ2n) is 5.52. The molecule has 1 aliphatic rings. The van der Waals surface area contributed by atoms with Gasteiger partial charge in [-0.3, -0.25) is 4.57 Å². The van der Waals surface area contributed by atoms with Crippen molar-refractivity contribution >= 4 is 17.1 Å². The Morgan fingerprint density at radius 2 is 2.13 bits per heavy atom. The summed E-state index contributed by atoms with van der Waals surface area (Å²) in [4.78, 5) is 17.8. The van der Waals surface area contributed by atoms with Crippen molar-refractivity contribution in [2.24, 2.45) is 0 Å². The monoisotopic (exact) mass is 321 g/mol. The summed E-state index contributed by atoms with van der Waals surface area (Å²) in [6.07, 6.45) is 1.28. The molecule has 1 amide bonds. The molecule has 3 rings (SSSR count). The summed E-state index contributed by atoms with van der Waals surface area (Å²) >= 11 is 0. The number of rotatable bonds is 3. The van der Waals surface area contributed by atoms with Gasteiger partial charge < -0.3 is 14.4 Å². The fourth-order valence-electron chi connectivity index (χ4n) is 3.07. The number of likely N-dealkylation sites (tertiary alicyclic amines) is 1. The lowest BCUT2D eigenvalue weighted by Crippen LogP contribution is -2.39. The molecule has 0 saturated carbocycles. The van der Waals surface area contributed by atoms with E-state index in [-0.39, 0.29) is 18.0 Å². The Bertz CT molecular complexity index is 708. The summed E-state index contributed by atoms with van der Waals surface area (Å²) in [5.41, 5.74) is 1.42. The molecule has 0 spiro atoms. The fourth-order valence-corrected chi connectivity index (χ4v) is 3.07. The molecule has 6 nitrogen and oxygen atoms in total. The van der Waals surface area contributed by atoms with E-state index < -0.39 is 0 Å². The van der Waals surface area contributed by atoms with Gasteiger partial charge in [0.1, 0.15) is 5.82 Å². The Hall–Kier alpha value is -2.31. The predicted molar refractivity (Wildman–Crippen MR) is 83.1 cm³/mol. The van der Waals surface area contributed by atoms with Gasteiger partial charge in [0.2, 0.25) is 0 Å². The molecule has 23 heavy (non-hydrogen) atoms. The van der Waals surface area contributed by atoms with Crippen LogP contribution in [0.1, 0.15) is 25.8 Å². The van der Waals surface area contributed by atoms with Crippen LogP contribution in [0.5, 0.6) is 6.01 Å². The zero-order chi connectivity index (χ0) is 16.4. The van der Waals surface area contributed by atoms with Crippen LogP contribution in [0.4, 0.5) is 9.18 Å². The third-order valence-corrected chi connectivity index (χ3v) is 4.16. The number of ether oxygens (including phenoxy) is 2. The van der Waals surface area contributed by atoms with E-state index in [4.69, 9.17) is 9.47 Å². The number of nitrogens with zero attached hydrogens (tertiary/aromatic N) is 3. The van der Waals surface area contributed by atoms with Crippen molar-refractivity contribution in [1.29, 1.82) is 0 Å². The Kier molecular flexibility index (Phi) is 4.36. The largest absolute Gasteiger partial charge is 0.468 e. The fraction of sp³-hybridized carbons (Fsp3) is 0.500. The van der Waals surface area contributed by atoms with E-state index in [9.17, 15) is 9.18 Å². The first-order valence-electron chi connectivity index (χ1n) is 7.77. The van der Waals surface area contributed by atoms with E-state index in [0.29, 0.717) is 31.2 Å². The molecular weight excluding hydrogens is 301 g/mol. The minimum absolute atomic E-state index is 0.158. The molecular formula is C16H20FN3O3. The Morgan fingerprint density at radius 3 is 2.78 bits per heavy atom. The van der Waals surface area contributed by atoms with E-state index in [1.54, 1.807) is 25.0 Å². The molecule has 0 atom stereocenters. The summed E-state index contributed by atoms with van der Waals surface area (Å²) < 4.78 is 25.8. The lowest BCUT2D eigenvalue weighted by atomic mass is 10.0. The second kappa shape index (κ2) is 6.44. The van der Waals surface area contributed by atoms with E-state index in [0.717, 1.165) is 18.4 Å². The van der Waals surface area contributed by atoms with Gasteiger partial charge in [-0.25, -0.2) is 9.18 Å². The van der Waals surface area contributed by atoms with Gasteiger partial charge in [-0.1, -0.05) is 0 Å². The highest BCUT2D eigenvalue weighted by atomic mass is 19.1. The van der Waals surface area contributed by atoms with Crippen molar-refractivity contribution in [3.05, 3.63) is 24.0 Å². The molecule has 124 valence electrons. The highest BCUT2D eigenvalue weighted by Gasteiger charge is 2.27. The van der Waals surface area contributed by atoms with E-state index in [2.05, 4.69) is 4.98 Å². The normalized spacial score (nSPS) is 15.9. The van der Waals surface area contributed by atoms with Gasteiger partial charge in [-0.05, 0) is 31.9 Å². The maximum atomic E-state index is 13.4. The number of amides is 1. The third-order valence-electron chi connectivity index (χ3n) is 4.16. The number of hydrogen-bond donors (Lipinski definition) is 0. The average Bonchev–Trinajstić information content (AvgIpc) is 2.92. The van der Waals surface area contributed by atoms with Crippen molar-refractivity contribution in [3.8, 4) is 6.01 Å². The Morgan fingerprint density at radius 1 is 1.39 bits per heavy atom. The third kappa shape index (κ3) is 2.95. The van der Waals surface area contributed by atoms with Crippen LogP contribution < -0.4 is 4.74 Å². The van der Waals surface area contributed by atoms with Crippen molar-refractivity contribution in [1.82, 2.24) is 14.5 Å². The molecule has 1 aromatic carbocycles. The molecule has 0 N–H and O–H groups in total. The molecule has 1 aromatic heterocycles. The number of carbonyl (C=O) groups excluding carboxylic acids is 1. The van der Waals surface area contributed by atoms with Crippen LogP contribution in [0.3, 0.4) is 0 Å². The van der Waals surface area contributed by atoms with Crippen molar-refractivity contribution < 1.29 is 18.7 Å². The highest BCUT2D eigenvalue weighted by molar-refractivity contribution is 5.77. The molecule has 1 aliphatic heterocycles. The first-order valence-corrected chi connectivity index (χ1v) is 7.77. The topological polar surface area (TPSA) is 56.6 Å². The van der Waals surface area contributed by atoms with E-state index in [1.165, 1.54) is 12.1 Å². The molecule has 1 fully saturated rings. The average molecular weight is 321 g/mol. The molecule has 1 saturated heterocycles. The summed E-state index contributed by atoms with van der Waals surface area (Å²) in [6, 6.07) is 5.18. The van der Waals surface area contributed by atoms with Crippen molar-refractivity contribution in [3.63, 3.8) is 0 Å². The number of benzene rings is 1. The number of carbonyl (C=O) groups is 1. The number of methoxy groups -OCH3 is 1. The molecule has 7 heteroatoms. The number of halogens is 1. The first kappa shape index (κ1) is 15.6. The van der Waals surface area contributed by atoms with Crippen molar-refractivity contribution in [2.75, 3.05) is 26.8 Å². The molecule has 2 heterocycles. The van der Waals surface area contributed by atoms with Gasteiger partial charge in [0.25, 0.3) is 6.01 Å². The van der Waals surface area contributed by atoms with Crippen LogP contribution in [0.2, 0.25) is 0 Å². The molecule has 0 bridgehead atoms. The van der Waals surface area contributed by atoms with Gasteiger partial charge in [0.15, 0.2) is 0 Å². The molecule has 0 unspecified atom stereocenters. The SMILES string of the molecule is CCOC(=O)N1CCC(n2c(OC)nc3cc(F)ccc32)CC1. The lowest BCUT2D eigenvalue weighted by molar-refractivity contribution is 0.0923. The maximum Gasteiger partial charge on any atom is 0.409 e. The second-order valence-corrected chi connectivity index (χ2v) is 5.52. The van der Waals surface area contributed by atoms with Crippen LogP contribution in [-0.2, 0) is 4.74 Å². The number of fused-ring (bicyclic) bond motifs is 1. The quantitative estimate of drug-likeness (QED) is 0.872. The zero-order valence-corrected chi connectivity index (χ0v) is 13.3. The smallest absolute Gasteiger partial charge is 0.409 e. The number of aromatic nitrogens is 2. The summed E-state index contributed by atoms with van der Waals surface area (Å²) in [5.74, 6) is -0.318. The van der Waals surface area contributed by atoms with Crippen molar-refractivity contribution in [2.45, 2.75) is 25.8 Å². The minimum atomic E-state index is -0.318. The zero-order valence-electron chi connectivity index (χ0n) is 13.3. The van der Waals surface area contributed by atoms with E-state index in [1.807, 2.05) is 4.57 Å². The van der Waals surface area contributed by atoms with Gasteiger partial charge in [0, 0.05) is 25.2 Å². The molecule has 2 aromatic rings. The maximum absolute atomic E-state index is 13.4. The minimum Gasteiger partial charge on any atom is -0.468 e. The Balaban J connectivity index is 1.83. The van der Waals surface area contributed by atoms with Crippen LogP contribution >= 0.6 is 0 Å². The van der Waals surface area contributed by atoms with Crippen LogP contribution in [0.15, 0.2) is 18.2 Å². The molecule has 0 radical (unpaired) electrons. The highest BCUT2D eigenvalue weighted by Crippen LogP contribution is 2.32. The number of hydrogen-bond acceptors (Lipinski definition) is 4. The van der Waals surface area contributed by atoms with Gasteiger partial charge in [-0.15, -0.1) is 0 Å². The summed E-state index contributed by atoms with van der Waals surface area (Å²) in [6.45, 7) is 3.41. The van der Waals surface area contributed by atoms with Gasteiger partial charge >= 0.3 is 6.09 Å². The predicted octanol–water partition coefficient (Wildman–Crippen LogP) is 2.98. The van der Waals surface area contributed by atoms with Crippen LogP contribution in [-0.4, -0.2) is 47.4 Å². The molecule has 0 aliphatic carbocycles. The number of piperidine rings is 1. The van der Waals surface area contributed by atoms with Crippen LogP contribution in [0, 0.1) is 5.82 Å². The standard InChI is InChI=1S/C16H20FN3O3/c1-3-23-16(21)19-8-6-12(7-9-19)20-14-5-4-11(17)10-13(14)18-15(20)22-2/h4-5,10,12H,3,6-9H2,1-2H3. The lowest BCUT2D eigenvalue weighted by Gasteiger charge is -2.32. The van der Waals surface area contributed by atoms with Gasteiger partial charge in [-0.2, -0.15) is 4.98 Å². The van der Waals surface area contributed by atoms with Crippen LogP contribution in [0.25, 0.3) is 11.0 Å². The first-order chi connectivity index (χ1) is 11.1.